The third kappa shape index (κ3) is 6.66. The van der Waals surface area contributed by atoms with Crippen molar-refractivity contribution in [2.75, 3.05) is 4.90 Å². The summed E-state index contributed by atoms with van der Waals surface area (Å²) in [5, 5.41) is 7.61. The van der Waals surface area contributed by atoms with Gasteiger partial charge in [0.05, 0.1) is 22.1 Å². The summed E-state index contributed by atoms with van der Waals surface area (Å²) in [7, 11) is 0. The maximum atomic E-state index is 4.52. The van der Waals surface area contributed by atoms with Crippen LogP contribution in [0.4, 0.5) is 11.4 Å². The molecule has 12 rings (SSSR count). The average Bonchev–Trinajstić information content (AvgIpc) is 3.96. The van der Waals surface area contributed by atoms with Crippen LogP contribution in [0, 0.1) is 0 Å². The molecule has 5 heteroatoms. The first-order chi connectivity index (χ1) is 28.8. The standard InChI is InChI=1S/C42H31N3.C12H8N.K/c1-2-12-30(13-3-1)43(31-22-26-33(27-23-31)44-39-18-8-4-14-35(39)36-15-5-9-19-40(36)44)32-24-28-34(29-25-32)45-41-20-10-6-16-37(41)38-17-7-11-21-42(38)45;1-3-7-11-9(5-1)10-6-2-4-8-12(10)13-11;/h2,4-29H,1,3H2;1-8H;/q;-1;+1. The normalized spacial score (nSPS) is 12.5. The molecule has 0 spiro atoms. The number of nitrogens with zero attached hydrogens (tertiary/aromatic N) is 4. The summed E-state index contributed by atoms with van der Waals surface area (Å²) < 4.78 is 4.75. The molecule has 3 heterocycles. The smallest absolute Gasteiger partial charge is 0.657 e. The molecule has 0 radical (unpaired) electrons. The van der Waals surface area contributed by atoms with E-state index < -0.39 is 0 Å². The van der Waals surface area contributed by atoms with Crippen molar-refractivity contribution >= 4 is 76.8 Å². The maximum absolute atomic E-state index is 4.52. The summed E-state index contributed by atoms with van der Waals surface area (Å²) in [6.45, 7) is 0. The summed E-state index contributed by atoms with van der Waals surface area (Å²) in [5.74, 6) is 0. The van der Waals surface area contributed by atoms with Crippen molar-refractivity contribution in [3.8, 4) is 11.4 Å². The number of aromatic nitrogens is 3. The Bertz CT molecular complexity index is 3030. The first-order valence-corrected chi connectivity index (χ1v) is 20.0. The molecule has 0 aliphatic heterocycles. The fourth-order valence-electron chi connectivity index (χ4n) is 8.84. The molecule has 4 nitrogen and oxygen atoms in total. The van der Waals surface area contributed by atoms with E-state index in [1.807, 2.05) is 12.1 Å². The molecule has 0 saturated heterocycles. The van der Waals surface area contributed by atoms with Gasteiger partial charge in [-0.25, -0.2) is 0 Å². The molecule has 0 unspecified atom stereocenters. The van der Waals surface area contributed by atoms with Crippen molar-refractivity contribution in [3.05, 3.63) is 218 Å². The van der Waals surface area contributed by atoms with Crippen LogP contribution in [0.5, 0.6) is 0 Å². The van der Waals surface area contributed by atoms with E-state index in [0.717, 1.165) is 46.6 Å². The summed E-state index contributed by atoms with van der Waals surface area (Å²) in [6.07, 6.45) is 9.01. The van der Waals surface area contributed by atoms with E-state index >= 15 is 0 Å². The van der Waals surface area contributed by atoms with Gasteiger partial charge in [-0.15, -0.1) is 11.0 Å². The number of rotatable bonds is 5. The monoisotopic (exact) mass is 782 g/mol. The fraction of sp³-hybridized carbons (Fsp3) is 0.0370. The predicted octanol–water partition coefficient (Wildman–Crippen LogP) is 11.2. The van der Waals surface area contributed by atoms with Crippen molar-refractivity contribution in [1.82, 2.24) is 14.1 Å². The van der Waals surface area contributed by atoms with E-state index in [9.17, 15) is 0 Å². The number of hydrogen-bond donors (Lipinski definition) is 0. The fourth-order valence-corrected chi connectivity index (χ4v) is 8.84. The first kappa shape index (κ1) is 37.4. The number of allylic oxidation sites excluding steroid dienone is 3. The second kappa shape index (κ2) is 16.0. The SMILES string of the molecule is C1=CC(N(c2ccc(-n3c4ccccc4c4ccccc43)cc2)c2ccc(-n3c4ccccc4c4ccccc43)cc2)=CCC1.[K+].c1ccc2c(c1)[n-]c1ccccc12. The van der Waals surface area contributed by atoms with E-state index in [1.165, 1.54) is 60.1 Å². The Morgan fingerprint density at radius 3 is 1.10 bits per heavy atom. The van der Waals surface area contributed by atoms with Gasteiger partial charge in [-0.1, -0.05) is 133 Å². The van der Waals surface area contributed by atoms with Crippen molar-refractivity contribution in [2.45, 2.75) is 12.8 Å². The number of fused-ring (bicyclic) bond motifs is 9. The zero-order valence-electron chi connectivity index (χ0n) is 32.9. The number of anilines is 2. The van der Waals surface area contributed by atoms with E-state index in [0.29, 0.717) is 0 Å². The van der Waals surface area contributed by atoms with Gasteiger partial charge in [-0.05, 0) is 102 Å². The molecule has 11 aromatic rings. The van der Waals surface area contributed by atoms with Crippen LogP contribution < -0.4 is 61.3 Å². The second-order valence-corrected chi connectivity index (χ2v) is 14.9. The van der Waals surface area contributed by atoms with Gasteiger partial charge in [-0.2, -0.15) is 0 Å². The van der Waals surface area contributed by atoms with E-state index in [-0.39, 0.29) is 51.4 Å². The van der Waals surface area contributed by atoms with Crippen LogP contribution in [0.25, 0.3) is 76.8 Å². The van der Waals surface area contributed by atoms with Gasteiger partial charge in [-0.3, -0.25) is 0 Å². The maximum Gasteiger partial charge on any atom is 1.00 e. The first-order valence-electron chi connectivity index (χ1n) is 20.0. The van der Waals surface area contributed by atoms with Crippen LogP contribution in [0.15, 0.2) is 218 Å². The Balaban J connectivity index is 0.000000254. The largest absolute Gasteiger partial charge is 1.00 e. The molecule has 3 aromatic heterocycles. The molecule has 1 aliphatic carbocycles. The quantitative estimate of drug-likeness (QED) is 0.163. The molecule has 0 atom stereocenters. The van der Waals surface area contributed by atoms with E-state index in [4.69, 9.17) is 0 Å². The topological polar surface area (TPSA) is 27.2 Å². The zero-order chi connectivity index (χ0) is 38.4. The summed E-state index contributed by atoms with van der Waals surface area (Å²) in [5.41, 5.74) is 12.9. The molecule has 0 fully saturated rings. The molecular formula is C54H39KN4. The van der Waals surface area contributed by atoms with Crippen molar-refractivity contribution < 1.29 is 51.4 Å². The third-order valence-corrected chi connectivity index (χ3v) is 11.5. The molecule has 59 heavy (non-hydrogen) atoms. The summed E-state index contributed by atoms with van der Waals surface area (Å²) in [4.78, 5) is 6.89. The van der Waals surface area contributed by atoms with Crippen molar-refractivity contribution in [3.63, 3.8) is 0 Å². The van der Waals surface area contributed by atoms with Gasteiger partial charge in [0.15, 0.2) is 0 Å². The van der Waals surface area contributed by atoms with E-state index in [1.54, 1.807) is 0 Å². The third-order valence-electron chi connectivity index (χ3n) is 11.5. The molecule has 0 saturated carbocycles. The molecular weight excluding hydrogens is 744 g/mol. The summed E-state index contributed by atoms with van der Waals surface area (Å²) in [6, 6.07) is 69.2. The van der Waals surface area contributed by atoms with Gasteiger partial charge in [0.1, 0.15) is 0 Å². The van der Waals surface area contributed by atoms with Crippen LogP contribution in [0.2, 0.25) is 0 Å². The predicted molar refractivity (Wildman–Crippen MR) is 245 cm³/mol. The van der Waals surface area contributed by atoms with Crippen molar-refractivity contribution in [2.24, 2.45) is 0 Å². The molecule has 8 aromatic carbocycles. The Morgan fingerprint density at radius 2 is 0.729 bits per heavy atom. The van der Waals surface area contributed by atoms with Crippen LogP contribution in [0.3, 0.4) is 0 Å². The van der Waals surface area contributed by atoms with Gasteiger partial charge in [0.2, 0.25) is 0 Å². The minimum atomic E-state index is 0. The van der Waals surface area contributed by atoms with Crippen LogP contribution in [0.1, 0.15) is 12.8 Å². The Hall–Kier alpha value is -5.92. The molecule has 0 bridgehead atoms. The zero-order valence-corrected chi connectivity index (χ0v) is 36.0. The molecule has 0 N–H and O–H groups in total. The van der Waals surface area contributed by atoms with E-state index in [2.05, 4.69) is 219 Å². The summed E-state index contributed by atoms with van der Waals surface area (Å²) >= 11 is 0. The Kier molecular flexibility index (Phi) is 10.1. The molecule has 276 valence electrons. The Labute approximate surface area is 385 Å². The van der Waals surface area contributed by atoms with Gasteiger partial charge in [0, 0.05) is 50.0 Å². The van der Waals surface area contributed by atoms with Gasteiger partial charge >= 0.3 is 51.4 Å². The van der Waals surface area contributed by atoms with Gasteiger partial charge < -0.3 is 19.0 Å². The van der Waals surface area contributed by atoms with Crippen LogP contribution in [-0.4, -0.2) is 9.13 Å². The van der Waals surface area contributed by atoms with Gasteiger partial charge in [0.25, 0.3) is 0 Å². The number of benzene rings is 8. The minimum Gasteiger partial charge on any atom is -0.657 e. The van der Waals surface area contributed by atoms with Crippen molar-refractivity contribution in [1.29, 1.82) is 0 Å². The number of hydrogen-bond acceptors (Lipinski definition) is 1. The molecule has 0 amide bonds. The minimum absolute atomic E-state index is 0. The number of para-hydroxylation sites is 6. The second-order valence-electron chi connectivity index (χ2n) is 14.9. The Morgan fingerprint density at radius 1 is 0.373 bits per heavy atom. The van der Waals surface area contributed by atoms with Crippen LogP contribution >= 0.6 is 0 Å². The average molecular weight is 783 g/mol. The van der Waals surface area contributed by atoms with Crippen LogP contribution in [-0.2, 0) is 0 Å². The molecule has 1 aliphatic rings.